The van der Waals surface area contributed by atoms with Crippen LogP contribution in [0.3, 0.4) is 0 Å². The van der Waals surface area contributed by atoms with Crippen LogP contribution in [0.25, 0.3) is 0 Å². The summed E-state index contributed by atoms with van der Waals surface area (Å²) in [5, 5.41) is 0. The Morgan fingerprint density at radius 1 is 0.760 bits per heavy atom. The molecule has 142 valence electrons. The fourth-order valence-corrected chi connectivity index (χ4v) is 2.85. The molecule has 0 aliphatic rings. The van der Waals surface area contributed by atoms with Crippen LogP contribution in [-0.4, -0.2) is 11.9 Å². The van der Waals surface area contributed by atoms with E-state index in [9.17, 15) is 9.59 Å². The number of esters is 2. The molecule has 0 aromatic carbocycles. The molecular formula is C21H39NaO3. The zero-order chi connectivity index (χ0) is 17.9. The number of carbonyl (C=O) groups excluding carboxylic acids is 2. The van der Waals surface area contributed by atoms with Crippen molar-refractivity contribution in [3.05, 3.63) is 12.7 Å². The van der Waals surface area contributed by atoms with Crippen LogP contribution in [0.1, 0.15) is 111 Å². The molecule has 0 saturated carbocycles. The number of unbranched alkanes of at least 4 members (excludes halogenated alkanes) is 14. The Labute approximate surface area is 179 Å². The Balaban J connectivity index is -0.00000264. The molecule has 0 saturated heterocycles. The van der Waals surface area contributed by atoms with Crippen LogP contribution in [-0.2, 0) is 14.3 Å². The van der Waals surface area contributed by atoms with Crippen molar-refractivity contribution in [1.29, 1.82) is 0 Å². The Kier molecular flexibility index (Phi) is 23.8. The second-order valence-corrected chi connectivity index (χ2v) is 6.70. The standard InChI is InChI=1S/C21H38O3.Na.H/c1-3-5-6-7-8-9-10-11-12-13-14-15-16-17-18-19-21(23)24-20(22)4-2;;/h4H,2-3,5-19H2,1H3;;/q;+1;-1. The first-order valence-electron chi connectivity index (χ1n) is 10.1. The van der Waals surface area contributed by atoms with Crippen LogP contribution in [0, 0.1) is 0 Å². The van der Waals surface area contributed by atoms with Gasteiger partial charge in [0.1, 0.15) is 0 Å². The Hall–Kier alpha value is -0.120. The van der Waals surface area contributed by atoms with Gasteiger partial charge in [-0.2, -0.15) is 0 Å². The molecule has 0 heterocycles. The van der Waals surface area contributed by atoms with Gasteiger partial charge in [0.25, 0.3) is 0 Å². The third-order valence-corrected chi connectivity index (χ3v) is 4.37. The molecule has 0 aromatic heterocycles. The summed E-state index contributed by atoms with van der Waals surface area (Å²) in [6.45, 7) is 5.53. The Morgan fingerprint density at radius 3 is 1.48 bits per heavy atom. The van der Waals surface area contributed by atoms with Crippen LogP contribution in [0.15, 0.2) is 12.7 Å². The molecule has 0 N–H and O–H groups in total. The molecule has 0 bridgehead atoms. The van der Waals surface area contributed by atoms with Crippen molar-refractivity contribution in [2.45, 2.75) is 110 Å². The van der Waals surface area contributed by atoms with Crippen LogP contribution < -0.4 is 29.6 Å². The molecule has 0 rings (SSSR count). The molecule has 0 fully saturated rings. The van der Waals surface area contributed by atoms with E-state index in [2.05, 4.69) is 18.2 Å². The smallest absolute Gasteiger partial charge is 1.00 e. The van der Waals surface area contributed by atoms with E-state index in [4.69, 9.17) is 0 Å². The average molecular weight is 363 g/mol. The van der Waals surface area contributed by atoms with Crippen molar-refractivity contribution in [2.75, 3.05) is 0 Å². The van der Waals surface area contributed by atoms with E-state index >= 15 is 0 Å². The first-order valence-corrected chi connectivity index (χ1v) is 10.1. The van der Waals surface area contributed by atoms with Gasteiger partial charge >= 0.3 is 41.5 Å². The van der Waals surface area contributed by atoms with E-state index in [1.807, 2.05) is 0 Å². The van der Waals surface area contributed by atoms with Crippen LogP contribution in [0.5, 0.6) is 0 Å². The summed E-state index contributed by atoms with van der Waals surface area (Å²) in [6.07, 6.45) is 20.8. The van der Waals surface area contributed by atoms with Gasteiger partial charge in [-0.15, -0.1) is 0 Å². The molecule has 25 heavy (non-hydrogen) atoms. The first kappa shape index (κ1) is 27.1. The van der Waals surface area contributed by atoms with Crippen LogP contribution >= 0.6 is 0 Å². The van der Waals surface area contributed by atoms with Gasteiger partial charge in [0.15, 0.2) is 0 Å². The van der Waals surface area contributed by atoms with Gasteiger partial charge in [0, 0.05) is 12.5 Å². The number of hydrogen-bond acceptors (Lipinski definition) is 3. The maximum absolute atomic E-state index is 11.3. The number of hydrogen-bond donors (Lipinski definition) is 0. The van der Waals surface area contributed by atoms with E-state index in [-0.39, 0.29) is 31.0 Å². The number of carbonyl (C=O) groups is 2. The molecule has 3 nitrogen and oxygen atoms in total. The maximum Gasteiger partial charge on any atom is 1.00 e. The molecule has 0 amide bonds. The van der Waals surface area contributed by atoms with Crippen LogP contribution in [0.2, 0.25) is 0 Å². The molecule has 0 unspecified atom stereocenters. The maximum atomic E-state index is 11.3. The topological polar surface area (TPSA) is 43.4 Å². The SMILES string of the molecule is C=CC(=O)OC(=O)CCCCCCCCCCCCCCCCC.[H-].[Na+]. The van der Waals surface area contributed by atoms with Gasteiger partial charge in [0.2, 0.25) is 0 Å². The average Bonchev–Trinajstić information content (AvgIpc) is 2.58. The molecule has 0 radical (unpaired) electrons. The monoisotopic (exact) mass is 362 g/mol. The van der Waals surface area contributed by atoms with E-state index in [0.29, 0.717) is 6.42 Å². The fourth-order valence-electron chi connectivity index (χ4n) is 2.85. The summed E-state index contributed by atoms with van der Waals surface area (Å²) >= 11 is 0. The van der Waals surface area contributed by atoms with Crippen molar-refractivity contribution < 1.29 is 45.3 Å². The molecular weight excluding hydrogens is 323 g/mol. The van der Waals surface area contributed by atoms with E-state index < -0.39 is 11.9 Å². The molecule has 0 aliphatic heterocycles. The minimum Gasteiger partial charge on any atom is -1.00 e. The quantitative estimate of drug-likeness (QED) is 0.130. The molecule has 4 heteroatoms. The Bertz CT molecular complexity index is 335. The van der Waals surface area contributed by atoms with E-state index in [1.165, 1.54) is 83.5 Å². The van der Waals surface area contributed by atoms with E-state index in [0.717, 1.165) is 18.9 Å². The van der Waals surface area contributed by atoms with Crippen molar-refractivity contribution in [1.82, 2.24) is 0 Å². The van der Waals surface area contributed by atoms with Crippen LogP contribution in [0.4, 0.5) is 0 Å². The summed E-state index contributed by atoms with van der Waals surface area (Å²) in [5.41, 5.74) is 0. The fraction of sp³-hybridized carbons (Fsp3) is 0.810. The molecule has 0 spiro atoms. The molecule has 0 atom stereocenters. The van der Waals surface area contributed by atoms with Crippen molar-refractivity contribution in [2.24, 2.45) is 0 Å². The zero-order valence-corrected chi connectivity index (χ0v) is 18.8. The minimum atomic E-state index is -0.652. The molecule has 0 aromatic rings. The summed E-state index contributed by atoms with van der Waals surface area (Å²) in [7, 11) is 0. The number of ether oxygens (including phenoxy) is 1. The van der Waals surface area contributed by atoms with E-state index in [1.54, 1.807) is 0 Å². The van der Waals surface area contributed by atoms with Gasteiger partial charge in [-0.1, -0.05) is 103 Å². The number of rotatable bonds is 17. The predicted octanol–water partition coefficient (Wildman–Crippen LogP) is 3.62. The van der Waals surface area contributed by atoms with Crippen molar-refractivity contribution in [3.8, 4) is 0 Å². The predicted molar refractivity (Wildman–Crippen MR) is 102 cm³/mol. The largest absolute Gasteiger partial charge is 1.00 e. The van der Waals surface area contributed by atoms with Gasteiger partial charge in [-0.3, -0.25) is 4.79 Å². The van der Waals surface area contributed by atoms with Gasteiger partial charge in [-0.05, 0) is 6.42 Å². The van der Waals surface area contributed by atoms with Gasteiger partial charge in [-0.25, -0.2) is 4.79 Å². The van der Waals surface area contributed by atoms with Crippen molar-refractivity contribution in [3.63, 3.8) is 0 Å². The normalized spacial score (nSPS) is 10.1. The summed E-state index contributed by atoms with van der Waals surface area (Å²) in [6, 6.07) is 0. The zero-order valence-electron chi connectivity index (χ0n) is 17.8. The third kappa shape index (κ3) is 21.8. The Morgan fingerprint density at radius 2 is 1.12 bits per heavy atom. The first-order chi connectivity index (χ1) is 11.7. The third-order valence-electron chi connectivity index (χ3n) is 4.37. The minimum absolute atomic E-state index is 0. The summed E-state index contributed by atoms with van der Waals surface area (Å²) in [5.74, 6) is -1.09. The second-order valence-electron chi connectivity index (χ2n) is 6.70. The van der Waals surface area contributed by atoms with Crippen molar-refractivity contribution >= 4 is 11.9 Å². The molecule has 0 aliphatic carbocycles. The summed E-state index contributed by atoms with van der Waals surface area (Å²) in [4.78, 5) is 22.1. The van der Waals surface area contributed by atoms with Gasteiger partial charge < -0.3 is 6.16 Å². The van der Waals surface area contributed by atoms with Gasteiger partial charge in [0.05, 0.1) is 0 Å². The summed E-state index contributed by atoms with van der Waals surface area (Å²) < 4.78 is 4.52. The second kappa shape index (κ2) is 21.9.